The standard InChI is InChI=1S/C22H30N2/c1-2-3-8-18-14-17-7-6-11-22(18)24(16-17)13-12-19-15-23-21-10-5-4-9-20(19)21/h4-7,9-10,15,17-18,22-23H,2-3,8,11-14,16H2,1H3. The minimum Gasteiger partial charge on any atom is -0.361 e. The summed E-state index contributed by atoms with van der Waals surface area (Å²) in [5.74, 6) is 1.69. The highest BCUT2D eigenvalue weighted by atomic mass is 15.2. The molecule has 0 saturated carbocycles. The molecule has 1 aromatic heterocycles. The van der Waals surface area contributed by atoms with Gasteiger partial charge in [0.15, 0.2) is 0 Å². The van der Waals surface area contributed by atoms with Gasteiger partial charge in [-0.3, -0.25) is 4.90 Å². The van der Waals surface area contributed by atoms with Crippen LogP contribution in [0, 0.1) is 11.8 Å². The minimum absolute atomic E-state index is 0.775. The third-order valence-electron chi connectivity index (χ3n) is 6.15. The summed E-state index contributed by atoms with van der Waals surface area (Å²) < 4.78 is 0. The van der Waals surface area contributed by atoms with E-state index < -0.39 is 0 Å². The van der Waals surface area contributed by atoms with E-state index in [1.54, 1.807) is 0 Å². The predicted octanol–water partition coefficient (Wildman–Crippen LogP) is 5.17. The highest BCUT2D eigenvalue weighted by molar-refractivity contribution is 5.83. The lowest BCUT2D eigenvalue weighted by Crippen LogP contribution is -2.47. The zero-order valence-electron chi connectivity index (χ0n) is 14.9. The SMILES string of the molecule is CCCCC1CC2C=CCC1N(CCc1c[nH]c3ccccc13)C2. The van der Waals surface area contributed by atoms with Crippen molar-refractivity contribution in [2.45, 2.75) is 51.5 Å². The molecule has 24 heavy (non-hydrogen) atoms. The Labute approximate surface area is 145 Å². The number of unbranched alkanes of at least 4 members (excludes halogenated alkanes) is 1. The molecule has 1 aliphatic carbocycles. The molecule has 5 rings (SSSR count). The highest BCUT2D eigenvalue weighted by Crippen LogP contribution is 2.36. The average molecular weight is 322 g/mol. The summed E-state index contributed by atoms with van der Waals surface area (Å²) in [5, 5.41) is 1.40. The van der Waals surface area contributed by atoms with Crippen LogP contribution in [0.1, 0.15) is 44.6 Å². The van der Waals surface area contributed by atoms with Gasteiger partial charge in [-0.15, -0.1) is 0 Å². The average Bonchev–Trinajstić information content (AvgIpc) is 2.78. The molecule has 2 bridgehead atoms. The number of H-pyrrole nitrogens is 1. The molecule has 3 heterocycles. The third kappa shape index (κ3) is 3.17. The zero-order valence-corrected chi connectivity index (χ0v) is 14.9. The first kappa shape index (κ1) is 16.0. The van der Waals surface area contributed by atoms with Crippen LogP contribution < -0.4 is 0 Å². The number of hydrogen-bond donors (Lipinski definition) is 1. The monoisotopic (exact) mass is 322 g/mol. The normalized spacial score (nSPS) is 27.0. The van der Waals surface area contributed by atoms with Crippen LogP contribution in [-0.2, 0) is 6.42 Å². The molecular weight excluding hydrogens is 292 g/mol. The van der Waals surface area contributed by atoms with E-state index in [1.165, 1.54) is 61.7 Å². The van der Waals surface area contributed by atoms with Crippen LogP contribution in [-0.4, -0.2) is 29.0 Å². The number of nitrogens with zero attached hydrogens (tertiary/aromatic N) is 1. The summed E-state index contributed by atoms with van der Waals surface area (Å²) in [6, 6.07) is 9.47. The maximum absolute atomic E-state index is 3.43. The van der Waals surface area contributed by atoms with Gasteiger partial charge in [0.2, 0.25) is 0 Å². The van der Waals surface area contributed by atoms with Crippen molar-refractivity contribution in [3.63, 3.8) is 0 Å². The van der Waals surface area contributed by atoms with Gasteiger partial charge in [-0.1, -0.05) is 50.1 Å². The number of para-hydroxylation sites is 1. The molecule has 3 atom stereocenters. The second-order valence-corrected chi connectivity index (χ2v) is 7.73. The Kier molecular flexibility index (Phi) is 4.75. The lowest BCUT2D eigenvalue weighted by molar-refractivity contribution is 0.0727. The lowest BCUT2D eigenvalue weighted by atomic mass is 9.81. The van der Waals surface area contributed by atoms with Crippen LogP contribution in [0.4, 0.5) is 0 Å². The number of aromatic amines is 1. The van der Waals surface area contributed by atoms with E-state index >= 15 is 0 Å². The molecule has 2 heteroatoms. The van der Waals surface area contributed by atoms with Crippen LogP contribution in [0.5, 0.6) is 0 Å². The fourth-order valence-electron chi connectivity index (χ4n) is 4.88. The first-order chi connectivity index (χ1) is 11.8. The van der Waals surface area contributed by atoms with Crippen LogP contribution in [0.15, 0.2) is 42.6 Å². The van der Waals surface area contributed by atoms with Crippen molar-refractivity contribution in [1.82, 2.24) is 9.88 Å². The maximum Gasteiger partial charge on any atom is 0.0456 e. The molecule has 1 saturated heterocycles. The molecule has 0 radical (unpaired) electrons. The second-order valence-electron chi connectivity index (χ2n) is 7.73. The van der Waals surface area contributed by atoms with Crippen molar-refractivity contribution in [2.75, 3.05) is 13.1 Å². The Hall–Kier alpha value is -1.54. The van der Waals surface area contributed by atoms with E-state index in [0.29, 0.717) is 0 Å². The van der Waals surface area contributed by atoms with Crippen molar-refractivity contribution < 1.29 is 0 Å². The second kappa shape index (κ2) is 7.14. The highest BCUT2D eigenvalue weighted by Gasteiger charge is 2.35. The van der Waals surface area contributed by atoms with E-state index in [0.717, 1.165) is 24.3 Å². The Bertz CT molecular complexity index is 699. The van der Waals surface area contributed by atoms with Crippen molar-refractivity contribution in [1.29, 1.82) is 0 Å². The molecule has 0 spiro atoms. The summed E-state index contributed by atoms with van der Waals surface area (Å²) in [4.78, 5) is 6.23. The predicted molar refractivity (Wildman–Crippen MR) is 102 cm³/mol. The number of benzene rings is 1. The van der Waals surface area contributed by atoms with Crippen molar-refractivity contribution in [3.8, 4) is 0 Å². The molecule has 1 fully saturated rings. The summed E-state index contributed by atoms with van der Waals surface area (Å²) in [7, 11) is 0. The smallest absolute Gasteiger partial charge is 0.0456 e. The molecule has 0 amide bonds. The topological polar surface area (TPSA) is 19.0 Å². The van der Waals surface area contributed by atoms with Gasteiger partial charge in [-0.25, -0.2) is 0 Å². The Balaban J connectivity index is 1.45. The number of aromatic nitrogens is 1. The number of rotatable bonds is 6. The molecule has 1 N–H and O–H groups in total. The molecule has 2 aromatic rings. The fourth-order valence-corrected chi connectivity index (χ4v) is 4.88. The van der Waals surface area contributed by atoms with Gasteiger partial charge in [0, 0.05) is 36.2 Å². The van der Waals surface area contributed by atoms with Gasteiger partial charge in [0.25, 0.3) is 0 Å². The molecule has 3 unspecified atom stereocenters. The summed E-state index contributed by atoms with van der Waals surface area (Å²) in [5.41, 5.74) is 2.75. The molecule has 1 aromatic carbocycles. The quantitative estimate of drug-likeness (QED) is 0.727. The first-order valence-electron chi connectivity index (χ1n) is 9.81. The van der Waals surface area contributed by atoms with Gasteiger partial charge >= 0.3 is 0 Å². The molecule has 2 aliphatic heterocycles. The Morgan fingerprint density at radius 2 is 2.17 bits per heavy atom. The van der Waals surface area contributed by atoms with E-state index in [4.69, 9.17) is 0 Å². The van der Waals surface area contributed by atoms with E-state index in [-0.39, 0.29) is 0 Å². The van der Waals surface area contributed by atoms with Crippen LogP contribution >= 0.6 is 0 Å². The van der Waals surface area contributed by atoms with Crippen LogP contribution in [0.25, 0.3) is 10.9 Å². The first-order valence-corrected chi connectivity index (χ1v) is 9.81. The fraction of sp³-hybridized carbons (Fsp3) is 0.545. The lowest BCUT2D eigenvalue weighted by Gasteiger charge is -2.42. The van der Waals surface area contributed by atoms with Gasteiger partial charge in [-0.2, -0.15) is 0 Å². The summed E-state index contributed by atoms with van der Waals surface area (Å²) in [6.07, 6.45) is 15.2. The summed E-state index contributed by atoms with van der Waals surface area (Å²) >= 11 is 0. The Morgan fingerprint density at radius 3 is 3.08 bits per heavy atom. The zero-order chi connectivity index (χ0) is 16.4. The molecule has 3 aliphatic rings. The van der Waals surface area contributed by atoms with Crippen molar-refractivity contribution in [3.05, 3.63) is 48.2 Å². The number of piperidine rings is 1. The van der Waals surface area contributed by atoms with Gasteiger partial charge < -0.3 is 4.98 Å². The molecule has 2 nitrogen and oxygen atoms in total. The van der Waals surface area contributed by atoms with Crippen LogP contribution in [0.2, 0.25) is 0 Å². The van der Waals surface area contributed by atoms with E-state index in [2.05, 4.69) is 59.4 Å². The van der Waals surface area contributed by atoms with Crippen molar-refractivity contribution in [2.24, 2.45) is 11.8 Å². The van der Waals surface area contributed by atoms with Gasteiger partial charge in [0.1, 0.15) is 0 Å². The van der Waals surface area contributed by atoms with Crippen molar-refractivity contribution >= 4 is 10.9 Å². The van der Waals surface area contributed by atoms with Gasteiger partial charge in [0.05, 0.1) is 0 Å². The number of hydrogen-bond acceptors (Lipinski definition) is 1. The minimum atomic E-state index is 0.775. The molecular formula is C22H30N2. The summed E-state index contributed by atoms with van der Waals surface area (Å²) in [6.45, 7) is 4.79. The van der Waals surface area contributed by atoms with E-state index in [9.17, 15) is 0 Å². The number of nitrogens with one attached hydrogen (secondary N) is 1. The Morgan fingerprint density at radius 1 is 1.25 bits per heavy atom. The van der Waals surface area contributed by atoms with Gasteiger partial charge in [-0.05, 0) is 49.1 Å². The third-order valence-corrected chi connectivity index (χ3v) is 6.15. The van der Waals surface area contributed by atoms with E-state index in [1.807, 2.05) is 0 Å². The molecule has 128 valence electrons. The van der Waals surface area contributed by atoms with Crippen LogP contribution in [0.3, 0.4) is 0 Å². The number of fused-ring (bicyclic) bond motifs is 4. The largest absolute Gasteiger partial charge is 0.361 e. The maximum atomic E-state index is 3.43.